The van der Waals surface area contributed by atoms with Crippen LogP contribution in [0.1, 0.15) is 52.9 Å². The van der Waals surface area contributed by atoms with E-state index in [0.29, 0.717) is 18.3 Å². The van der Waals surface area contributed by atoms with Gasteiger partial charge in [-0.05, 0) is 42.9 Å². The van der Waals surface area contributed by atoms with Gasteiger partial charge in [0.15, 0.2) is 0 Å². The highest BCUT2D eigenvalue weighted by molar-refractivity contribution is 5.10. The molecular formula is C13H24O2. The summed E-state index contributed by atoms with van der Waals surface area (Å²) in [7, 11) is 0. The van der Waals surface area contributed by atoms with Crippen LogP contribution in [-0.2, 0) is 0 Å². The minimum atomic E-state index is -0.612. The number of hydrogen-bond acceptors (Lipinski definition) is 2. The Labute approximate surface area is 92.7 Å². The Morgan fingerprint density at radius 2 is 1.80 bits per heavy atom. The molecule has 2 saturated carbocycles. The van der Waals surface area contributed by atoms with Crippen LogP contribution in [0.25, 0.3) is 0 Å². The van der Waals surface area contributed by atoms with Crippen LogP contribution in [-0.4, -0.2) is 21.9 Å². The highest BCUT2D eigenvalue weighted by atomic mass is 16.3. The van der Waals surface area contributed by atoms with E-state index >= 15 is 0 Å². The number of fused-ring (bicyclic) bond motifs is 1. The van der Waals surface area contributed by atoms with Gasteiger partial charge in [0, 0.05) is 6.42 Å². The molecule has 2 N–H and O–H groups in total. The largest absolute Gasteiger partial charge is 0.393 e. The second kappa shape index (κ2) is 3.46. The average Bonchev–Trinajstić information content (AvgIpc) is 2.38. The zero-order valence-corrected chi connectivity index (χ0v) is 10.2. The molecule has 15 heavy (non-hydrogen) atoms. The van der Waals surface area contributed by atoms with E-state index in [0.717, 1.165) is 25.7 Å². The first kappa shape index (κ1) is 11.4. The molecule has 0 bridgehead atoms. The molecule has 0 aromatic heterocycles. The molecule has 2 rings (SSSR count). The Kier molecular flexibility index (Phi) is 2.63. The van der Waals surface area contributed by atoms with Crippen molar-refractivity contribution in [2.24, 2.45) is 17.3 Å². The van der Waals surface area contributed by atoms with E-state index in [4.69, 9.17) is 0 Å². The SMILES string of the molecule is CC(C)[C@H]1CC[C@]2(C)CC[C@H](O)C[C@]12O. The molecule has 0 unspecified atom stereocenters. The van der Waals surface area contributed by atoms with Crippen molar-refractivity contribution in [1.82, 2.24) is 0 Å². The summed E-state index contributed by atoms with van der Waals surface area (Å²) in [6, 6.07) is 0. The summed E-state index contributed by atoms with van der Waals surface area (Å²) < 4.78 is 0. The van der Waals surface area contributed by atoms with Crippen molar-refractivity contribution in [3.05, 3.63) is 0 Å². The Morgan fingerprint density at radius 1 is 1.20 bits per heavy atom. The molecule has 0 saturated heterocycles. The Bertz CT molecular complexity index is 251. The fraction of sp³-hybridized carbons (Fsp3) is 1.00. The van der Waals surface area contributed by atoms with Crippen LogP contribution in [0, 0.1) is 17.3 Å². The smallest absolute Gasteiger partial charge is 0.0756 e. The van der Waals surface area contributed by atoms with E-state index < -0.39 is 5.60 Å². The van der Waals surface area contributed by atoms with Crippen molar-refractivity contribution in [2.45, 2.75) is 64.6 Å². The van der Waals surface area contributed by atoms with E-state index in [2.05, 4.69) is 20.8 Å². The van der Waals surface area contributed by atoms with Gasteiger partial charge in [0.05, 0.1) is 11.7 Å². The predicted octanol–water partition coefficient (Wildman–Crippen LogP) is 2.33. The third-order valence-electron chi connectivity index (χ3n) is 5.05. The predicted molar refractivity (Wildman–Crippen MR) is 60.5 cm³/mol. The van der Waals surface area contributed by atoms with Crippen LogP contribution in [0.15, 0.2) is 0 Å². The maximum Gasteiger partial charge on any atom is 0.0756 e. The molecule has 4 atom stereocenters. The van der Waals surface area contributed by atoms with Crippen LogP contribution < -0.4 is 0 Å². The average molecular weight is 212 g/mol. The van der Waals surface area contributed by atoms with Gasteiger partial charge in [0.25, 0.3) is 0 Å². The molecule has 2 aliphatic rings. The Hall–Kier alpha value is -0.0800. The number of aliphatic hydroxyl groups is 2. The first-order valence-corrected chi connectivity index (χ1v) is 6.29. The lowest BCUT2D eigenvalue weighted by Gasteiger charge is -2.49. The maximum atomic E-state index is 10.9. The monoisotopic (exact) mass is 212 g/mol. The summed E-state index contributed by atoms with van der Waals surface area (Å²) in [5, 5.41) is 20.7. The van der Waals surface area contributed by atoms with Crippen LogP contribution in [0.4, 0.5) is 0 Å². The second-order valence-electron chi connectivity index (χ2n) is 6.27. The Balaban J connectivity index is 2.29. The third-order valence-corrected chi connectivity index (χ3v) is 5.05. The van der Waals surface area contributed by atoms with Gasteiger partial charge in [-0.25, -0.2) is 0 Å². The van der Waals surface area contributed by atoms with E-state index in [1.165, 1.54) is 0 Å². The summed E-state index contributed by atoms with van der Waals surface area (Å²) in [5.41, 5.74) is -0.556. The van der Waals surface area contributed by atoms with E-state index in [1.807, 2.05) is 0 Å². The van der Waals surface area contributed by atoms with Gasteiger partial charge in [-0.2, -0.15) is 0 Å². The van der Waals surface area contributed by atoms with E-state index in [9.17, 15) is 10.2 Å². The summed E-state index contributed by atoms with van der Waals surface area (Å²) in [6.07, 6.45) is 4.39. The van der Waals surface area contributed by atoms with Gasteiger partial charge in [-0.15, -0.1) is 0 Å². The van der Waals surface area contributed by atoms with Crippen molar-refractivity contribution in [3.63, 3.8) is 0 Å². The lowest BCUT2D eigenvalue weighted by molar-refractivity contribution is -0.148. The van der Waals surface area contributed by atoms with Gasteiger partial charge >= 0.3 is 0 Å². The van der Waals surface area contributed by atoms with Crippen LogP contribution in [0.3, 0.4) is 0 Å². The quantitative estimate of drug-likeness (QED) is 0.700. The van der Waals surface area contributed by atoms with Crippen molar-refractivity contribution in [3.8, 4) is 0 Å². The lowest BCUT2D eigenvalue weighted by atomic mass is 9.61. The normalized spacial score (nSPS) is 50.8. The summed E-state index contributed by atoms with van der Waals surface area (Å²) in [5.74, 6) is 0.888. The molecule has 0 amide bonds. The molecule has 2 nitrogen and oxygen atoms in total. The molecule has 0 radical (unpaired) electrons. The molecule has 88 valence electrons. The summed E-state index contributed by atoms with van der Waals surface area (Å²) in [6.45, 7) is 6.59. The fourth-order valence-corrected chi connectivity index (χ4v) is 3.95. The molecule has 0 aromatic carbocycles. The van der Waals surface area contributed by atoms with Gasteiger partial charge < -0.3 is 10.2 Å². The molecule has 0 aromatic rings. The van der Waals surface area contributed by atoms with Crippen molar-refractivity contribution < 1.29 is 10.2 Å². The zero-order chi connectivity index (χ0) is 11.3. The fourth-order valence-electron chi connectivity index (χ4n) is 3.95. The molecule has 0 spiro atoms. The minimum Gasteiger partial charge on any atom is -0.393 e. The zero-order valence-electron chi connectivity index (χ0n) is 10.2. The first-order valence-electron chi connectivity index (χ1n) is 6.29. The van der Waals surface area contributed by atoms with Crippen molar-refractivity contribution >= 4 is 0 Å². The van der Waals surface area contributed by atoms with Gasteiger partial charge in [0.2, 0.25) is 0 Å². The standard InChI is InChI=1S/C13H24O2/c1-9(2)11-5-7-12(3)6-4-10(14)8-13(11,12)15/h9-11,14-15H,4-8H2,1-3H3/t10-,11+,12-,13-/m0/s1. The molecular weight excluding hydrogens is 188 g/mol. The highest BCUT2D eigenvalue weighted by Crippen LogP contribution is 2.59. The highest BCUT2D eigenvalue weighted by Gasteiger charge is 2.59. The summed E-state index contributed by atoms with van der Waals surface area (Å²) >= 11 is 0. The first-order chi connectivity index (χ1) is 6.89. The van der Waals surface area contributed by atoms with Crippen molar-refractivity contribution in [2.75, 3.05) is 0 Å². The summed E-state index contributed by atoms with van der Waals surface area (Å²) in [4.78, 5) is 0. The van der Waals surface area contributed by atoms with Crippen molar-refractivity contribution in [1.29, 1.82) is 0 Å². The molecule has 0 aliphatic heterocycles. The number of rotatable bonds is 1. The van der Waals surface area contributed by atoms with Crippen LogP contribution in [0.5, 0.6) is 0 Å². The third kappa shape index (κ3) is 1.53. The molecule has 2 aliphatic carbocycles. The lowest BCUT2D eigenvalue weighted by Crippen LogP contribution is -2.53. The van der Waals surface area contributed by atoms with Crippen LogP contribution >= 0.6 is 0 Å². The second-order valence-corrected chi connectivity index (χ2v) is 6.27. The number of hydrogen-bond donors (Lipinski definition) is 2. The van der Waals surface area contributed by atoms with Gasteiger partial charge in [0.1, 0.15) is 0 Å². The topological polar surface area (TPSA) is 40.5 Å². The number of aliphatic hydroxyl groups excluding tert-OH is 1. The Morgan fingerprint density at radius 3 is 2.40 bits per heavy atom. The van der Waals surface area contributed by atoms with Gasteiger partial charge in [-0.3, -0.25) is 0 Å². The molecule has 0 heterocycles. The molecule has 2 heteroatoms. The maximum absolute atomic E-state index is 10.9. The van der Waals surface area contributed by atoms with E-state index in [1.54, 1.807) is 0 Å². The van der Waals surface area contributed by atoms with E-state index in [-0.39, 0.29) is 11.5 Å². The van der Waals surface area contributed by atoms with Gasteiger partial charge in [-0.1, -0.05) is 20.8 Å². The molecule has 2 fully saturated rings. The minimum absolute atomic E-state index is 0.0567. The van der Waals surface area contributed by atoms with Crippen LogP contribution in [0.2, 0.25) is 0 Å².